The number of thiazole rings is 1. The third kappa shape index (κ3) is 5.64. The van der Waals surface area contributed by atoms with Crippen LogP contribution in [0.15, 0.2) is 35.2 Å². The van der Waals surface area contributed by atoms with Crippen LogP contribution in [0.2, 0.25) is 0 Å². The lowest BCUT2D eigenvalue weighted by Gasteiger charge is -2.32. The zero-order valence-electron chi connectivity index (χ0n) is 17.2. The Morgan fingerprint density at radius 3 is 2.73 bits per heavy atom. The molecule has 0 aliphatic carbocycles. The fraction of sp³-hybridized carbons (Fsp3) is 0.545. The molecule has 7 nitrogen and oxygen atoms in total. The number of piperidine rings is 1. The second kappa shape index (κ2) is 10.6. The van der Waals surface area contributed by atoms with E-state index in [1.54, 1.807) is 10.4 Å². The van der Waals surface area contributed by atoms with Gasteiger partial charge in [0.25, 0.3) is 0 Å². The van der Waals surface area contributed by atoms with Gasteiger partial charge in [0.1, 0.15) is 12.4 Å². The summed E-state index contributed by atoms with van der Waals surface area (Å²) >= 11 is 1.51. The Hall–Kier alpha value is -2.32. The van der Waals surface area contributed by atoms with E-state index in [0.29, 0.717) is 12.5 Å². The average Bonchev–Trinajstić information content (AvgIpc) is 3.33. The van der Waals surface area contributed by atoms with Crippen LogP contribution in [0.25, 0.3) is 0 Å². The molecule has 8 heteroatoms. The third-order valence-corrected chi connectivity index (χ3v) is 6.34. The molecular weight excluding hydrogens is 402 g/mol. The molecule has 0 N–H and O–H groups in total. The second-order valence-corrected chi connectivity index (χ2v) is 8.39. The number of amides is 1. The number of morpholine rings is 1. The number of rotatable bonds is 7. The van der Waals surface area contributed by atoms with E-state index >= 15 is 0 Å². The molecular formula is C22H29N3O4S. The van der Waals surface area contributed by atoms with Crippen molar-refractivity contribution >= 4 is 23.1 Å². The number of hydrogen-bond acceptors (Lipinski definition) is 7. The highest BCUT2D eigenvalue weighted by Gasteiger charge is 2.24. The van der Waals surface area contributed by atoms with Crippen molar-refractivity contribution in [3.63, 3.8) is 0 Å². The molecule has 2 aromatic rings. The number of para-hydroxylation sites is 2. The van der Waals surface area contributed by atoms with E-state index in [1.165, 1.54) is 11.3 Å². The number of benzene rings is 1. The Balaban J connectivity index is 1.18. The summed E-state index contributed by atoms with van der Waals surface area (Å²) in [5.74, 6) is 1.52. The first-order chi connectivity index (χ1) is 14.8. The number of nitrogens with zero attached hydrogens (tertiary/aromatic N) is 3. The van der Waals surface area contributed by atoms with E-state index in [4.69, 9.17) is 14.2 Å². The van der Waals surface area contributed by atoms with E-state index < -0.39 is 0 Å². The van der Waals surface area contributed by atoms with E-state index in [9.17, 15) is 4.79 Å². The van der Waals surface area contributed by atoms with E-state index in [-0.39, 0.29) is 12.7 Å². The van der Waals surface area contributed by atoms with Gasteiger partial charge < -0.3 is 24.0 Å². The molecule has 2 fully saturated rings. The summed E-state index contributed by atoms with van der Waals surface area (Å²) in [5.41, 5.74) is 3.70. The molecule has 2 aliphatic rings. The fourth-order valence-electron chi connectivity index (χ4n) is 3.92. The van der Waals surface area contributed by atoms with Gasteiger partial charge in [-0.15, -0.1) is 11.3 Å². The van der Waals surface area contributed by atoms with Crippen LogP contribution in [-0.2, 0) is 16.1 Å². The lowest BCUT2D eigenvalue weighted by atomic mass is 9.94. The Morgan fingerprint density at radius 2 is 1.97 bits per heavy atom. The SMILES string of the molecule is O=C(OCc1cscn1)N1CCC(CCOc2ccccc2N2CCOCC2)CC1. The lowest BCUT2D eigenvalue weighted by Crippen LogP contribution is -2.39. The van der Waals surface area contributed by atoms with Gasteiger partial charge in [-0.1, -0.05) is 12.1 Å². The van der Waals surface area contributed by atoms with Crippen molar-refractivity contribution in [1.29, 1.82) is 0 Å². The molecule has 1 aromatic heterocycles. The zero-order chi connectivity index (χ0) is 20.6. The summed E-state index contributed by atoms with van der Waals surface area (Å²) in [7, 11) is 0. The molecule has 2 aliphatic heterocycles. The number of aromatic nitrogens is 1. The summed E-state index contributed by atoms with van der Waals surface area (Å²) < 4.78 is 17.0. The number of carbonyl (C=O) groups is 1. The zero-order valence-corrected chi connectivity index (χ0v) is 18.0. The van der Waals surface area contributed by atoms with Gasteiger partial charge in [-0.25, -0.2) is 9.78 Å². The van der Waals surface area contributed by atoms with E-state index in [0.717, 1.165) is 75.8 Å². The maximum absolute atomic E-state index is 12.2. The predicted octanol–water partition coefficient (Wildman–Crippen LogP) is 3.80. The molecule has 0 atom stereocenters. The molecule has 4 rings (SSSR count). The van der Waals surface area contributed by atoms with Crippen molar-refractivity contribution in [3.8, 4) is 5.75 Å². The van der Waals surface area contributed by atoms with Gasteiger partial charge in [0.05, 0.1) is 36.7 Å². The molecule has 0 radical (unpaired) electrons. The first kappa shape index (κ1) is 20.9. The molecule has 1 amide bonds. The van der Waals surface area contributed by atoms with Crippen molar-refractivity contribution in [2.45, 2.75) is 25.9 Å². The number of likely N-dealkylation sites (tertiary alicyclic amines) is 1. The Morgan fingerprint density at radius 1 is 1.17 bits per heavy atom. The normalized spacial score (nSPS) is 17.7. The van der Waals surface area contributed by atoms with Gasteiger partial charge in [-0.05, 0) is 37.3 Å². The summed E-state index contributed by atoms with van der Waals surface area (Å²) in [6.07, 6.45) is 2.73. The van der Waals surface area contributed by atoms with Gasteiger partial charge in [-0.2, -0.15) is 0 Å². The summed E-state index contributed by atoms with van der Waals surface area (Å²) in [4.78, 5) is 20.5. The van der Waals surface area contributed by atoms with Crippen molar-refractivity contribution in [2.24, 2.45) is 5.92 Å². The molecule has 0 unspecified atom stereocenters. The van der Waals surface area contributed by atoms with Crippen LogP contribution >= 0.6 is 11.3 Å². The minimum absolute atomic E-state index is 0.239. The number of hydrogen-bond donors (Lipinski definition) is 0. The maximum atomic E-state index is 12.2. The van der Waals surface area contributed by atoms with Crippen LogP contribution in [0.5, 0.6) is 5.75 Å². The van der Waals surface area contributed by atoms with Crippen LogP contribution in [0, 0.1) is 5.92 Å². The molecule has 0 saturated carbocycles. The van der Waals surface area contributed by atoms with Gasteiger partial charge in [0, 0.05) is 31.6 Å². The minimum atomic E-state index is -0.239. The molecule has 0 spiro atoms. The third-order valence-electron chi connectivity index (χ3n) is 5.70. The quantitative estimate of drug-likeness (QED) is 0.665. The molecule has 30 heavy (non-hydrogen) atoms. The highest BCUT2D eigenvalue weighted by molar-refractivity contribution is 7.07. The smallest absolute Gasteiger partial charge is 0.410 e. The molecule has 0 bridgehead atoms. The van der Waals surface area contributed by atoms with Gasteiger partial charge in [-0.3, -0.25) is 0 Å². The predicted molar refractivity (Wildman–Crippen MR) is 116 cm³/mol. The standard InChI is InChI=1S/C22H29N3O4S/c26-22(29-15-19-16-30-17-23-19)25-8-5-18(6-9-25)7-12-28-21-4-2-1-3-20(21)24-10-13-27-14-11-24/h1-4,16-18H,5-15H2. The first-order valence-corrected chi connectivity index (χ1v) is 11.6. The lowest BCUT2D eigenvalue weighted by molar-refractivity contribution is 0.0792. The molecule has 3 heterocycles. The topological polar surface area (TPSA) is 64.1 Å². The van der Waals surface area contributed by atoms with Crippen molar-refractivity contribution in [3.05, 3.63) is 40.8 Å². The first-order valence-electron chi connectivity index (χ1n) is 10.6. The van der Waals surface area contributed by atoms with Crippen LogP contribution in [0.3, 0.4) is 0 Å². The minimum Gasteiger partial charge on any atom is -0.491 e. The fourth-order valence-corrected chi connectivity index (χ4v) is 4.46. The van der Waals surface area contributed by atoms with Crippen LogP contribution in [-0.4, -0.2) is 62.0 Å². The monoisotopic (exact) mass is 431 g/mol. The Bertz CT molecular complexity index is 787. The highest BCUT2D eigenvalue weighted by atomic mass is 32.1. The van der Waals surface area contributed by atoms with Crippen LogP contribution < -0.4 is 9.64 Å². The van der Waals surface area contributed by atoms with E-state index in [2.05, 4.69) is 22.0 Å². The number of anilines is 1. The highest BCUT2D eigenvalue weighted by Crippen LogP contribution is 2.29. The van der Waals surface area contributed by atoms with Crippen LogP contribution in [0.1, 0.15) is 25.0 Å². The van der Waals surface area contributed by atoms with Crippen molar-refractivity contribution < 1.29 is 19.0 Å². The number of carbonyl (C=O) groups excluding carboxylic acids is 1. The summed E-state index contributed by atoms with van der Waals surface area (Å²) in [5, 5.41) is 1.90. The maximum Gasteiger partial charge on any atom is 0.410 e. The molecule has 1 aromatic carbocycles. The van der Waals surface area contributed by atoms with Gasteiger partial charge >= 0.3 is 6.09 Å². The molecule has 162 valence electrons. The number of ether oxygens (including phenoxy) is 3. The van der Waals surface area contributed by atoms with Gasteiger partial charge in [0.2, 0.25) is 0 Å². The second-order valence-electron chi connectivity index (χ2n) is 7.67. The molecule has 2 saturated heterocycles. The van der Waals surface area contributed by atoms with Crippen molar-refractivity contribution in [1.82, 2.24) is 9.88 Å². The summed E-state index contributed by atoms with van der Waals surface area (Å²) in [6.45, 7) is 5.75. The summed E-state index contributed by atoms with van der Waals surface area (Å²) in [6, 6.07) is 8.25. The van der Waals surface area contributed by atoms with Crippen molar-refractivity contribution in [2.75, 3.05) is 50.9 Å². The Kier molecular flexibility index (Phi) is 7.42. The van der Waals surface area contributed by atoms with Gasteiger partial charge in [0.15, 0.2) is 0 Å². The Labute approximate surface area is 181 Å². The largest absolute Gasteiger partial charge is 0.491 e. The van der Waals surface area contributed by atoms with Crippen LogP contribution in [0.4, 0.5) is 10.5 Å². The average molecular weight is 432 g/mol. The van der Waals surface area contributed by atoms with E-state index in [1.807, 2.05) is 17.5 Å².